The zero-order valence-electron chi connectivity index (χ0n) is 9.46. The number of carbonyl (C=O) groups is 1. The molecule has 14 heavy (non-hydrogen) atoms. The molecule has 0 bridgehead atoms. The molecule has 2 N–H and O–H groups in total. The van der Waals surface area contributed by atoms with Gasteiger partial charge in [-0.15, -0.1) is 0 Å². The van der Waals surface area contributed by atoms with Gasteiger partial charge < -0.3 is 15.2 Å². The van der Waals surface area contributed by atoms with Crippen molar-refractivity contribution in [3.8, 4) is 0 Å². The molecule has 0 saturated heterocycles. The van der Waals surface area contributed by atoms with Crippen LogP contribution < -0.4 is 5.32 Å². The van der Waals surface area contributed by atoms with Crippen LogP contribution in [-0.4, -0.2) is 36.4 Å². The maximum Gasteiger partial charge on any atom is 0.305 e. The van der Waals surface area contributed by atoms with Crippen molar-refractivity contribution in [1.82, 2.24) is 5.32 Å². The zero-order chi connectivity index (χ0) is 11.2. The first-order valence-corrected chi connectivity index (χ1v) is 4.90. The number of carbonyl (C=O) groups excluding carboxylic acids is 1. The summed E-state index contributed by atoms with van der Waals surface area (Å²) in [6, 6.07) is 0. The van der Waals surface area contributed by atoms with Gasteiger partial charge in [-0.3, -0.25) is 4.79 Å². The van der Waals surface area contributed by atoms with Gasteiger partial charge in [-0.25, -0.2) is 0 Å². The van der Waals surface area contributed by atoms with E-state index >= 15 is 0 Å². The smallest absolute Gasteiger partial charge is 0.305 e. The van der Waals surface area contributed by atoms with Crippen molar-refractivity contribution in [3.63, 3.8) is 0 Å². The molecule has 0 fully saturated rings. The number of aliphatic hydroxyl groups excluding tert-OH is 1. The lowest BCUT2D eigenvalue weighted by Crippen LogP contribution is -2.48. The molecule has 0 spiro atoms. The molecule has 0 aromatic carbocycles. The molecule has 1 unspecified atom stereocenters. The average Bonchev–Trinajstić information content (AvgIpc) is 2.11. The Bertz CT molecular complexity index is 178. The summed E-state index contributed by atoms with van der Waals surface area (Å²) in [5.41, 5.74) is -0.309. The Balaban J connectivity index is 3.59. The molecule has 0 heterocycles. The van der Waals surface area contributed by atoms with E-state index in [-0.39, 0.29) is 11.5 Å². The Morgan fingerprint density at radius 1 is 1.57 bits per heavy atom. The average molecular weight is 203 g/mol. The van der Waals surface area contributed by atoms with Crippen molar-refractivity contribution in [2.75, 3.05) is 13.7 Å². The standard InChI is InChI=1S/C10H21NO3/c1-8(12)10(2,3)11-7-5-6-9(13)14-4/h8,11-12H,5-7H2,1-4H3. The van der Waals surface area contributed by atoms with Gasteiger partial charge in [0.1, 0.15) is 0 Å². The van der Waals surface area contributed by atoms with E-state index < -0.39 is 6.10 Å². The number of methoxy groups -OCH3 is 1. The van der Waals surface area contributed by atoms with Crippen molar-refractivity contribution in [2.24, 2.45) is 0 Å². The molecule has 0 radical (unpaired) electrons. The fraction of sp³-hybridized carbons (Fsp3) is 0.900. The van der Waals surface area contributed by atoms with E-state index in [1.54, 1.807) is 6.92 Å². The van der Waals surface area contributed by atoms with Crippen LogP contribution in [0.2, 0.25) is 0 Å². The van der Waals surface area contributed by atoms with Gasteiger partial charge in [-0.1, -0.05) is 0 Å². The van der Waals surface area contributed by atoms with Gasteiger partial charge in [0.15, 0.2) is 0 Å². The minimum Gasteiger partial charge on any atom is -0.469 e. The van der Waals surface area contributed by atoms with E-state index in [1.807, 2.05) is 13.8 Å². The predicted octanol–water partition coefficient (Wildman–Crippen LogP) is 0.689. The SMILES string of the molecule is COC(=O)CCCNC(C)(C)C(C)O. The largest absolute Gasteiger partial charge is 0.469 e. The molecule has 0 aliphatic rings. The zero-order valence-corrected chi connectivity index (χ0v) is 9.46. The highest BCUT2D eigenvalue weighted by molar-refractivity contribution is 5.69. The van der Waals surface area contributed by atoms with Crippen LogP contribution in [0.4, 0.5) is 0 Å². The molecule has 0 aromatic heterocycles. The Hall–Kier alpha value is -0.610. The van der Waals surface area contributed by atoms with E-state index in [2.05, 4.69) is 10.1 Å². The molecule has 0 aliphatic heterocycles. The number of hydrogen-bond acceptors (Lipinski definition) is 4. The van der Waals surface area contributed by atoms with E-state index in [9.17, 15) is 9.90 Å². The molecular weight excluding hydrogens is 182 g/mol. The van der Waals surface area contributed by atoms with Crippen LogP contribution in [0.25, 0.3) is 0 Å². The van der Waals surface area contributed by atoms with Crippen LogP contribution in [0.1, 0.15) is 33.6 Å². The molecule has 0 aliphatic carbocycles. The van der Waals surface area contributed by atoms with Crippen LogP contribution in [0.15, 0.2) is 0 Å². The second-order valence-electron chi connectivity index (χ2n) is 4.00. The molecule has 0 rings (SSSR count). The van der Waals surface area contributed by atoms with Gasteiger partial charge >= 0.3 is 5.97 Å². The molecule has 84 valence electrons. The van der Waals surface area contributed by atoms with Crippen molar-refractivity contribution < 1.29 is 14.6 Å². The highest BCUT2D eigenvalue weighted by atomic mass is 16.5. The van der Waals surface area contributed by atoms with Crippen molar-refractivity contribution in [3.05, 3.63) is 0 Å². The lowest BCUT2D eigenvalue weighted by molar-refractivity contribution is -0.140. The lowest BCUT2D eigenvalue weighted by atomic mass is 9.99. The Kier molecular flexibility index (Phi) is 5.72. The van der Waals surface area contributed by atoms with Crippen LogP contribution in [0.5, 0.6) is 0 Å². The molecule has 0 saturated carbocycles. The number of rotatable bonds is 6. The van der Waals surface area contributed by atoms with Gasteiger partial charge in [0.2, 0.25) is 0 Å². The molecule has 0 amide bonds. The molecule has 4 nitrogen and oxygen atoms in total. The summed E-state index contributed by atoms with van der Waals surface area (Å²) in [6.07, 6.45) is 0.725. The van der Waals surface area contributed by atoms with Gasteiger partial charge in [0, 0.05) is 12.0 Å². The summed E-state index contributed by atoms with van der Waals surface area (Å²) in [5, 5.41) is 12.6. The van der Waals surface area contributed by atoms with Gasteiger partial charge in [0.25, 0.3) is 0 Å². The minimum absolute atomic E-state index is 0.193. The van der Waals surface area contributed by atoms with E-state index in [4.69, 9.17) is 0 Å². The molecule has 1 atom stereocenters. The highest BCUT2D eigenvalue weighted by Crippen LogP contribution is 2.08. The number of esters is 1. The number of hydrogen-bond donors (Lipinski definition) is 2. The highest BCUT2D eigenvalue weighted by Gasteiger charge is 2.22. The third-order valence-electron chi connectivity index (χ3n) is 2.41. The first kappa shape index (κ1) is 13.4. The Morgan fingerprint density at radius 3 is 2.57 bits per heavy atom. The predicted molar refractivity (Wildman–Crippen MR) is 55.0 cm³/mol. The van der Waals surface area contributed by atoms with Gasteiger partial charge in [-0.2, -0.15) is 0 Å². The van der Waals surface area contributed by atoms with Gasteiger partial charge in [0.05, 0.1) is 13.2 Å². The Labute approximate surface area is 85.6 Å². The summed E-state index contributed by atoms with van der Waals surface area (Å²) in [6.45, 7) is 6.30. The number of ether oxygens (including phenoxy) is 1. The topological polar surface area (TPSA) is 58.6 Å². The van der Waals surface area contributed by atoms with Crippen LogP contribution >= 0.6 is 0 Å². The maximum atomic E-state index is 10.8. The second kappa shape index (κ2) is 5.98. The maximum absolute atomic E-state index is 10.8. The molecular formula is C10H21NO3. The quantitative estimate of drug-likeness (QED) is 0.492. The fourth-order valence-electron chi connectivity index (χ4n) is 0.893. The lowest BCUT2D eigenvalue weighted by Gasteiger charge is -2.29. The van der Waals surface area contributed by atoms with Gasteiger partial charge in [-0.05, 0) is 33.7 Å². The normalized spacial score (nSPS) is 13.8. The number of nitrogens with one attached hydrogen (secondary N) is 1. The Morgan fingerprint density at radius 2 is 2.14 bits per heavy atom. The second-order valence-corrected chi connectivity index (χ2v) is 4.00. The summed E-state index contributed by atoms with van der Waals surface area (Å²) in [7, 11) is 1.38. The monoisotopic (exact) mass is 203 g/mol. The first-order chi connectivity index (χ1) is 6.40. The van der Waals surface area contributed by atoms with Crippen molar-refractivity contribution >= 4 is 5.97 Å². The van der Waals surface area contributed by atoms with E-state index in [0.29, 0.717) is 13.0 Å². The molecule has 4 heteroatoms. The van der Waals surface area contributed by atoms with E-state index in [0.717, 1.165) is 6.42 Å². The van der Waals surface area contributed by atoms with Crippen LogP contribution in [-0.2, 0) is 9.53 Å². The van der Waals surface area contributed by atoms with Crippen molar-refractivity contribution in [2.45, 2.75) is 45.3 Å². The number of aliphatic hydroxyl groups is 1. The van der Waals surface area contributed by atoms with Crippen LogP contribution in [0.3, 0.4) is 0 Å². The summed E-state index contributed by atoms with van der Waals surface area (Å²) >= 11 is 0. The first-order valence-electron chi connectivity index (χ1n) is 4.90. The summed E-state index contributed by atoms with van der Waals surface area (Å²) in [5.74, 6) is -0.193. The fourth-order valence-corrected chi connectivity index (χ4v) is 0.893. The van der Waals surface area contributed by atoms with Crippen LogP contribution in [0, 0.1) is 0 Å². The minimum atomic E-state index is -0.416. The summed E-state index contributed by atoms with van der Waals surface area (Å²) in [4.78, 5) is 10.8. The van der Waals surface area contributed by atoms with E-state index in [1.165, 1.54) is 7.11 Å². The summed E-state index contributed by atoms with van der Waals surface area (Å²) < 4.78 is 4.51. The molecule has 0 aromatic rings. The third-order valence-corrected chi connectivity index (χ3v) is 2.41. The third kappa shape index (κ3) is 5.19. The van der Waals surface area contributed by atoms with Crippen molar-refractivity contribution in [1.29, 1.82) is 0 Å².